The lowest BCUT2D eigenvalue weighted by molar-refractivity contribution is -0.131. The molecule has 0 saturated heterocycles. The van der Waals surface area contributed by atoms with E-state index in [1.54, 1.807) is 13.8 Å². The van der Waals surface area contributed by atoms with Crippen molar-refractivity contribution in [2.24, 2.45) is 11.7 Å². The highest BCUT2D eigenvalue weighted by molar-refractivity contribution is 5.85. The Morgan fingerprint density at radius 3 is 2.07 bits per heavy atom. The van der Waals surface area contributed by atoms with Gasteiger partial charge >= 0.3 is 6.18 Å². The molecule has 0 saturated carbocycles. The number of hydrogen-bond acceptors (Lipinski definition) is 2. The van der Waals surface area contributed by atoms with Crippen molar-refractivity contribution in [1.82, 2.24) is 5.32 Å². The molecular weight excluding hydrogens is 221 g/mol. The minimum atomic E-state index is -4.32. The largest absolute Gasteiger partial charge is 0.401 e. The summed E-state index contributed by atoms with van der Waals surface area (Å²) in [7, 11) is 0. The van der Waals surface area contributed by atoms with Gasteiger partial charge in [-0.1, -0.05) is 13.8 Å². The first-order valence-electron chi connectivity index (χ1n) is 3.83. The van der Waals surface area contributed by atoms with E-state index in [1.165, 1.54) is 0 Å². The summed E-state index contributed by atoms with van der Waals surface area (Å²) in [5.74, 6) is -1.01. The average molecular weight is 235 g/mol. The highest BCUT2D eigenvalue weighted by Gasteiger charge is 2.30. The van der Waals surface area contributed by atoms with Gasteiger partial charge in [0.25, 0.3) is 0 Å². The number of halogens is 4. The standard InChI is InChI=1S/C7H13F3N2O.ClH/c1-4(2)5(6(11)13)12-3-7(8,9)10;/h4-5,12H,3H2,1-2H3,(H2,11,13);1H. The summed E-state index contributed by atoms with van der Waals surface area (Å²) in [6.07, 6.45) is -4.32. The Balaban J connectivity index is 0. The van der Waals surface area contributed by atoms with Crippen LogP contribution in [0.25, 0.3) is 0 Å². The molecule has 14 heavy (non-hydrogen) atoms. The highest BCUT2D eigenvalue weighted by atomic mass is 35.5. The van der Waals surface area contributed by atoms with Crippen molar-refractivity contribution in [1.29, 1.82) is 0 Å². The second kappa shape index (κ2) is 6.08. The normalized spacial score (nSPS) is 13.6. The zero-order valence-electron chi connectivity index (χ0n) is 7.89. The van der Waals surface area contributed by atoms with E-state index < -0.39 is 24.7 Å². The van der Waals surface area contributed by atoms with E-state index in [9.17, 15) is 18.0 Å². The zero-order valence-corrected chi connectivity index (χ0v) is 8.71. The van der Waals surface area contributed by atoms with Gasteiger partial charge in [0.2, 0.25) is 5.91 Å². The van der Waals surface area contributed by atoms with E-state index >= 15 is 0 Å². The SMILES string of the molecule is CC(C)C(NCC(F)(F)F)C(N)=O.Cl. The summed E-state index contributed by atoms with van der Waals surface area (Å²) in [4.78, 5) is 10.7. The predicted octanol–water partition coefficient (Wildman–Crippen LogP) is 1.07. The number of amides is 1. The first-order valence-corrected chi connectivity index (χ1v) is 3.83. The molecule has 0 aromatic rings. The maximum Gasteiger partial charge on any atom is 0.401 e. The van der Waals surface area contributed by atoms with Gasteiger partial charge in [0.05, 0.1) is 12.6 Å². The van der Waals surface area contributed by atoms with E-state index in [0.717, 1.165) is 0 Å². The fraction of sp³-hybridized carbons (Fsp3) is 0.857. The first kappa shape index (κ1) is 16.0. The van der Waals surface area contributed by atoms with E-state index in [2.05, 4.69) is 5.32 Å². The van der Waals surface area contributed by atoms with Crippen LogP contribution in [0.15, 0.2) is 0 Å². The molecule has 3 N–H and O–H groups in total. The maximum absolute atomic E-state index is 11.7. The van der Waals surface area contributed by atoms with Crippen molar-refractivity contribution in [2.75, 3.05) is 6.54 Å². The van der Waals surface area contributed by atoms with Crippen molar-refractivity contribution < 1.29 is 18.0 Å². The summed E-state index contributed by atoms with van der Waals surface area (Å²) in [6.45, 7) is 2.05. The van der Waals surface area contributed by atoms with Crippen molar-refractivity contribution in [2.45, 2.75) is 26.1 Å². The van der Waals surface area contributed by atoms with Gasteiger partial charge in [-0.05, 0) is 5.92 Å². The maximum atomic E-state index is 11.7. The molecule has 0 aliphatic carbocycles. The number of carbonyl (C=O) groups excluding carboxylic acids is 1. The van der Waals surface area contributed by atoms with E-state index in [4.69, 9.17) is 5.73 Å². The van der Waals surface area contributed by atoms with Crippen LogP contribution in [0.3, 0.4) is 0 Å². The van der Waals surface area contributed by atoms with Gasteiger partial charge in [0.15, 0.2) is 0 Å². The predicted molar refractivity (Wildman–Crippen MR) is 49.1 cm³/mol. The Morgan fingerprint density at radius 1 is 1.43 bits per heavy atom. The molecule has 0 rings (SSSR count). The van der Waals surface area contributed by atoms with Crippen LogP contribution in [0, 0.1) is 5.92 Å². The summed E-state index contributed by atoms with van der Waals surface area (Å²) < 4.78 is 35.2. The Bertz CT molecular complexity index is 184. The van der Waals surface area contributed by atoms with Crippen molar-refractivity contribution in [3.05, 3.63) is 0 Å². The van der Waals surface area contributed by atoms with Crippen LogP contribution in [0.1, 0.15) is 13.8 Å². The zero-order chi connectivity index (χ0) is 10.6. The van der Waals surface area contributed by atoms with Gasteiger partial charge in [-0.2, -0.15) is 13.2 Å². The highest BCUT2D eigenvalue weighted by Crippen LogP contribution is 2.13. The number of rotatable bonds is 4. The molecule has 86 valence electrons. The molecule has 0 aromatic carbocycles. The molecular formula is C7H14ClF3N2O. The Kier molecular flexibility index (Phi) is 6.93. The fourth-order valence-corrected chi connectivity index (χ4v) is 0.891. The monoisotopic (exact) mass is 234 g/mol. The quantitative estimate of drug-likeness (QED) is 0.765. The number of hydrogen-bond donors (Lipinski definition) is 2. The van der Waals surface area contributed by atoms with Crippen LogP contribution in [0.4, 0.5) is 13.2 Å². The topological polar surface area (TPSA) is 55.1 Å². The Hall–Kier alpha value is -0.490. The first-order chi connectivity index (χ1) is 5.74. The number of alkyl halides is 3. The van der Waals surface area contributed by atoms with Crippen molar-refractivity contribution >= 4 is 18.3 Å². The number of primary amides is 1. The minimum absolute atomic E-state index is 0. The summed E-state index contributed by atoms with van der Waals surface area (Å²) in [6, 6.07) is -0.929. The lowest BCUT2D eigenvalue weighted by Crippen LogP contribution is -2.48. The van der Waals surface area contributed by atoms with Gasteiger partial charge in [-0.15, -0.1) is 12.4 Å². The summed E-state index contributed by atoms with van der Waals surface area (Å²) in [5.41, 5.74) is 4.90. The third-order valence-electron chi connectivity index (χ3n) is 1.50. The van der Waals surface area contributed by atoms with Crippen LogP contribution < -0.4 is 11.1 Å². The Labute approximate surface area is 86.6 Å². The van der Waals surface area contributed by atoms with Gasteiger partial charge < -0.3 is 5.73 Å². The molecule has 0 radical (unpaired) electrons. The van der Waals surface area contributed by atoms with Gasteiger partial charge in [-0.25, -0.2) is 0 Å². The molecule has 0 spiro atoms. The van der Waals surface area contributed by atoms with E-state index in [0.29, 0.717) is 0 Å². The van der Waals surface area contributed by atoms with Crippen molar-refractivity contribution in [3.63, 3.8) is 0 Å². The Morgan fingerprint density at radius 2 is 1.86 bits per heavy atom. The number of nitrogens with two attached hydrogens (primary N) is 1. The van der Waals surface area contributed by atoms with Crippen molar-refractivity contribution in [3.8, 4) is 0 Å². The molecule has 1 atom stereocenters. The second-order valence-corrected chi connectivity index (χ2v) is 3.12. The summed E-state index contributed by atoms with van der Waals surface area (Å²) >= 11 is 0. The molecule has 0 heterocycles. The van der Waals surface area contributed by atoms with Gasteiger partial charge in [0.1, 0.15) is 0 Å². The van der Waals surface area contributed by atoms with Gasteiger partial charge in [0, 0.05) is 0 Å². The smallest absolute Gasteiger partial charge is 0.368 e. The third-order valence-corrected chi connectivity index (χ3v) is 1.50. The average Bonchev–Trinajstić information content (AvgIpc) is 1.82. The second-order valence-electron chi connectivity index (χ2n) is 3.12. The van der Waals surface area contributed by atoms with Crippen LogP contribution in [0.2, 0.25) is 0 Å². The molecule has 0 bridgehead atoms. The molecule has 1 unspecified atom stereocenters. The third kappa shape index (κ3) is 6.97. The lowest BCUT2D eigenvalue weighted by atomic mass is 10.0. The molecule has 0 aromatic heterocycles. The molecule has 0 aliphatic rings. The van der Waals surface area contributed by atoms with Crippen LogP contribution in [-0.2, 0) is 4.79 Å². The van der Waals surface area contributed by atoms with Crippen LogP contribution >= 0.6 is 12.4 Å². The molecule has 7 heteroatoms. The molecule has 0 fully saturated rings. The number of nitrogens with one attached hydrogen (secondary N) is 1. The molecule has 3 nitrogen and oxygen atoms in total. The fourth-order valence-electron chi connectivity index (χ4n) is 0.891. The minimum Gasteiger partial charge on any atom is -0.368 e. The van der Waals surface area contributed by atoms with Gasteiger partial charge in [-0.3, -0.25) is 10.1 Å². The van der Waals surface area contributed by atoms with E-state index in [1.807, 2.05) is 0 Å². The summed E-state index contributed by atoms with van der Waals surface area (Å²) in [5, 5.41) is 2.06. The van der Waals surface area contributed by atoms with Crippen LogP contribution in [0.5, 0.6) is 0 Å². The lowest BCUT2D eigenvalue weighted by Gasteiger charge is -2.19. The molecule has 1 amide bonds. The van der Waals surface area contributed by atoms with Crippen LogP contribution in [-0.4, -0.2) is 24.7 Å². The van der Waals surface area contributed by atoms with E-state index in [-0.39, 0.29) is 18.3 Å². The number of carbonyl (C=O) groups is 1. The molecule has 0 aliphatic heterocycles.